The largest absolute Gasteiger partial charge is 0.489 e. The first-order valence-corrected chi connectivity index (χ1v) is 13.3. The molecule has 1 aromatic carbocycles. The van der Waals surface area contributed by atoms with Crippen LogP contribution in [0.5, 0.6) is 5.75 Å². The maximum atomic E-state index is 11.7. The van der Waals surface area contributed by atoms with Crippen LogP contribution in [0, 0.1) is 11.3 Å². The van der Waals surface area contributed by atoms with Gasteiger partial charge in [0.15, 0.2) is 0 Å². The third-order valence-electron chi connectivity index (χ3n) is 7.69. The number of likely N-dealkylation sites (tertiary alicyclic amines) is 1. The first kappa shape index (κ1) is 27.5. The lowest BCUT2D eigenvalue weighted by Gasteiger charge is -2.39. The van der Waals surface area contributed by atoms with Crippen LogP contribution in [0.2, 0.25) is 0 Å². The second kappa shape index (κ2) is 12.8. The number of nitrogens with zero attached hydrogens (tertiary/aromatic N) is 2. The highest BCUT2D eigenvalue weighted by molar-refractivity contribution is 5.77. The van der Waals surface area contributed by atoms with Gasteiger partial charge in [0, 0.05) is 24.6 Å². The van der Waals surface area contributed by atoms with Crippen molar-refractivity contribution in [1.29, 1.82) is 0 Å². The van der Waals surface area contributed by atoms with Gasteiger partial charge in [-0.05, 0) is 100 Å². The van der Waals surface area contributed by atoms with Crippen LogP contribution in [0.15, 0.2) is 18.2 Å². The van der Waals surface area contributed by atoms with E-state index in [1.807, 2.05) is 30.1 Å². The van der Waals surface area contributed by atoms with Crippen LogP contribution in [-0.2, 0) is 16.1 Å². The first-order valence-electron chi connectivity index (χ1n) is 13.3. The van der Waals surface area contributed by atoms with Crippen LogP contribution in [0.25, 0.3) is 0 Å². The van der Waals surface area contributed by atoms with Crippen LogP contribution >= 0.6 is 0 Å². The zero-order chi connectivity index (χ0) is 25.4. The van der Waals surface area contributed by atoms with Gasteiger partial charge in [-0.3, -0.25) is 14.6 Å². The molecule has 2 fully saturated rings. The molecule has 6 heteroatoms. The first-order chi connectivity index (χ1) is 16.7. The highest BCUT2D eigenvalue weighted by atomic mass is 16.5. The number of aldehydes is 3. The van der Waals surface area contributed by atoms with E-state index in [2.05, 4.69) is 25.7 Å². The van der Waals surface area contributed by atoms with Gasteiger partial charge in [0.2, 0.25) is 0 Å². The van der Waals surface area contributed by atoms with Gasteiger partial charge in [-0.15, -0.1) is 0 Å². The van der Waals surface area contributed by atoms with E-state index in [1.165, 1.54) is 32.1 Å². The molecule has 1 aliphatic heterocycles. The number of hydrogen-bond acceptors (Lipinski definition) is 6. The van der Waals surface area contributed by atoms with Crippen LogP contribution in [0.3, 0.4) is 0 Å². The van der Waals surface area contributed by atoms with Crippen LogP contribution in [0.1, 0.15) is 88.1 Å². The Morgan fingerprint density at radius 2 is 1.86 bits per heavy atom. The molecule has 0 spiro atoms. The minimum absolute atomic E-state index is 0.164. The molecular formula is C29H44N2O4. The highest BCUT2D eigenvalue weighted by Crippen LogP contribution is 2.35. The number of carbonyl (C=O) groups excluding carboxylic acids is 3. The molecular weight excluding hydrogens is 440 g/mol. The van der Waals surface area contributed by atoms with Gasteiger partial charge in [-0.1, -0.05) is 20.8 Å². The molecule has 194 valence electrons. The van der Waals surface area contributed by atoms with Gasteiger partial charge in [0.1, 0.15) is 30.7 Å². The van der Waals surface area contributed by atoms with E-state index in [4.69, 9.17) is 4.74 Å². The van der Waals surface area contributed by atoms with Crippen molar-refractivity contribution in [3.63, 3.8) is 0 Å². The lowest BCUT2D eigenvalue weighted by atomic mass is 9.80. The van der Waals surface area contributed by atoms with Crippen molar-refractivity contribution in [2.45, 2.75) is 96.9 Å². The van der Waals surface area contributed by atoms with Crippen molar-refractivity contribution in [2.75, 3.05) is 20.1 Å². The van der Waals surface area contributed by atoms with E-state index in [9.17, 15) is 14.4 Å². The molecule has 0 radical (unpaired) electrons. The molecule has 2 aliphatic rings. The predicted molar refractivity (Wildman–Crippen MR) is 139 cm³/mol. The average Bonchev–Trinajstić information content (AvgIpc) is 3.27. The van der Waals surface area contributed by atoms with Gasteiger partial charge < -0.3 is 14.3 Å². The van der Waals surface area contributed by atoms with E-state index >= 15 is 0 Å². The number of carbonyl (C=O) groups is 3. The standard InChI is InChI=1S/C29H44N2O4/c1-29(2,3)18-22-12-14-31(15-13-22)27-8-5-9-28(27)35-26-11-10-23(20-33)24(17-26)19-30(4)25(21-34)7-6-16-32/h10-11,16-17,20-22,25,27-28H,5-9,12-15,18-19H2,1-4H3. The van der Waals surface area contributed by atoms with Crippen LogP contribution < -0.4 is 4.74 Å². The predicted octanol–water partition coefficient (Wildman–Crippen LogP) is 4.93. The van der Waals surface area contributed by atoms with Gasteiger partial charge in [0.25, 0.3) is 0 Å². The fraction of sp³-hybridized carbons (Fsp3) is 0.690. The van der Waals surface area contributed by atoms with Gasteiger partial charge >= 0.3 is 0 Å². The second-order valence-electron chi connectivity index (χ2n) is 11.7. The molecule has 6 nitrogen and oxygen atoms in total. The third kappa shape index (κ3) is 7.97. The smallest absolute Gasteiger partial charge is 0.150 e. The monoisotopic (exact) mass is 484 g/mol. The number of rotatable bonds is 12. The van der Waals surface area contributed by atoms with Crippen molar-refractivity contribution in [3.05, 3.63) is 29.3 Å². The summed E-state index contributed by atoms with van der Waals surface area (Å²) >= 11 is 0. The van der Waals surface area contributed by atoms with Crippen molar-refractivity contribution in [3.8, 4) is 5.75 Å². The van der Waals surface area contributed by atoms with E-state index in [1.54, 1.807) is 0 Å². The number of likely N-dealkylation sites (N-methyl/N-ethyl adjacent to an activating group) is 1. The summed E-state index contributed by atoms with van der Waals surface area (Å²) < 4.78 is 6.53. The maximum Gasteiger partial charge on any atom is 0.150 e. The number of piperidine rings is 1. The molecule has 35 heavy (non-hydrogen) atoms. The van der Waals surface area contributed by atoms with E-state index < -0.39 is 0 Å². The topological polar surface area (TPSA) is 66.9 Å². The molecule has 0 aromatic heterocycles. The lowest BCUT2D eigenvalue weighted by molar-refractivity contribution is -0.113. The average molecular weight is 485 g/mol. The summed E-state index contributed by atoms with van der Waals surface area (Å²) in [7, 11) is 1.85. The van der Waals surface area contributed by atoms with Crippen LogP contribution in [0.4, 0.5) is 0 Å². The molecule has 1 heterocycles. The summed E-state index contributed by atoms with van der Waals surface area (Å²) in [4.78, 5) is 38.4. The van der Waals surface area contributed by atoms with Gasteiger partial charge in [0.05, 0.1) is 6.04 Å². The summed E-state index contributed by atoms with van der Waals surface area (Å²) in [5, 5.41) is 0. The van der Waals surface area contributed by atoms with Crippen molar-refractivity contribution in [1.82, 2.24) is 9.80 Å². The van der Waals surface area contributed by atoms with Gasteiger partial charge in [-0.25, -0.2) is 0 Å². The lowest BCUT2D eigenvalue weighted by Crippen LogP contribution is -2.47. The minimum atomic E-state index is -0.357. The Balaban J connectivity index is 1.63. The summed E-state index contributed by atoms with van der Waals surface area (Å²) in [6.45, 7) is 9.77. The molecule has 0 N–H and O–H groups in total. The minimum Gasteiger partial charge on any atom is -0.489 e. The fourth-order valence-corrected chi connectivity index (χ4v) is 5.92. The Labute approximate surface area is 211 Å². The quantitative estimate of drug-likeness (QED) is 0.392. The Kier molecular flexibility index (Phi) is 10.0. The molecule has 0 bridgehead atoms. The van der Waals surface area contributed by atoms with Crippen molar-refractivity contribution < 1.29 is 19.1 Å². The molecule has 1 saturated heterocycles. The Morgan fingerprint density at radius 3 is 2.49 bits per heavy atom. The zero-order valence-corrected chi connectivity index (χ0v) is 22.1. The van der Waals surface area contributed by atoms with Crippen molar-refractivity contribution >= 4 is 18.9 Å². The van der Waals surface area contributed by atoms with Gasteiger partial charge in [-0.2, -0.15) is 0 Å². The molecule has 1 aromatic rings. The van der Waals surface area contributed by atoms with E-state index in [0.717, 1.165) is 55.6 Å². The van der Waals surface area contributed by atoms with E-state index in [0.29, 0.717) is 36.4 Å². The van der Waals surface area contributed by atoms with E-state index in [-0.39, 0.29) is 12.1 Å². The molecule has 1 aliphatic carbocycles. The SMILES string of the molecule is CN(Cc1cc(OC2CCCC2N2CCC(CC(C)(C)C)CC2)ccc1C=O)C(C=O)CCC=O. The molecule has 1 saturated carbocycles. The number of ether oxygens (including phenoxy) is 1. The Bertz CT molecular complexity index is 842. The summed E-state index contributed by atoms with van der Waals surface area (Å²) in [6, 6.07) is 5.75. The zero-order valence-electron chi connectivity index (χ0n) is 22.1. The molecule has 3 rings (SSSR count). The normalized spacial score (nSPS) is 22.8. The second-order valence-corrected chi connectivity index (χ2v) is 11.7. The third-order valence-corrected chi connectivity index (χ3v) is 7.69. The molecule has 3 unspecified atom stereocenters. The Morgan fingerprint density at radius 1 is 1.11 bits per heavy atom. The highest BCUT2D eigenvalue weighted by Gasteiger charge is 2.36. The fourth-order valence-electron chi connectivity index (χ4n) is 5.92. The van der Waals surface area contributed by atoms with Crippen LogP contribution in [-0.4, -0.2) is 67.0 Å². The number of hydrogen-bond donors (Lipinski definition) is 0. The summed E-state index contributed by atoms with van der Waals surface area (Å²) in [6.07, 6.45) is 10.8. The number of benzene rings is 1. The Hall–Kier alpha value is -2.05. The maximum absolute atomic E-state index is 11.7. The molecule has 0 amide bonds. The van der Waals surface area contributed by atoms with Crippen molar-refractivity contribution in [2.24, 2.45) is 11.3 Å². The summed E-state index contributed by atoms with van der Waals surface area (Å²) in [5.41, 5.74) is 1.84. The summed E-state index contributed by atoms with van der Waals surface area (Å²) in [5.74, 6) is 1.61. The molecule has 3 atom stereocenters.